The molecule has 0 aromatic heterocycles. The van der Waals surface area contributed by atoms with E-state index in [1.54, 1.807) is 0 Å². The van der Waals surface area contributed by atoms with Crippen molar-refractivity contribution in [2.75, 3.05) is 18.4 Å². The summed E-state index contributed by atoms with van der Waals surface area (Å²) in [5.41, 5.74) is 0. The van der Waals surface area contributed by atoms with Gasteiger partial charge in [0.2, 0.25) is 5.79 Å². The Hall–Kier alpha value is 2.34. The van der Waals surface area contributed by atoms with Crippen molar-refractivity contribution in [3.8, 4) is 0 Å². The first kappa shape index (κ1) is 40.5. The van der Waals surface area contributed by atoms with E-state index in [-0.39, 0.29) is 39.4 Å². The Morgan fingerprint density at radius 3 is 1.74 bits per heavy atom. The second-order valence-electron chi connectivity index (χ2n) is 5.61. The van der Waals surface area contributed by atoms with Crippen molar-refractivity contribution in [1.29, 1.82) is 0 Å². The molecule has 0 radical (unpaired) electrons. The fourth-order valence-corrected chi connectivity index (χ4v) is 3.37. The Bertz CT molecular complexity index is 461. The van der Waals surface area contributed by atoms with E-state index in [1.165, 1.54) is 0 Å². The fraction of sp³-hybridized carbons (Fsp3) is 1.00. The molecule has 19 heteroatoms. The minimum Gasteiger partial charge on any atom is 0 e. The number of alkyl halides is 3. The van der Waals surface area contributed by atoms with E-state index in [1.807, 2.05) is 0 Å². The molecule has 9 atom stereocenters. The van der Waals surface area contributed by atoms with Gasteiger partial charge in [0.15, 0.2) is 6.29 Å². The third-order valence-corrected chi connectivity index (χ3v) is 5.17. The summed E-state index contributed by atoms with van der Waals surface area (Å²) in [7, 11) is 14.7. The molecule has 0 aliphatic carbocycles. The number of aliphatic hydroxyl groups is 5. The largest absolute Gasteiger partial charge is 0 e. The molecule has 2 rings (SSSR count). The van der Waals surface area contributed by atoms with E-state index < -0.39 is 77.7 Å². The Balaban J connectivity index is -0.000000420. The number of halogens is 6. The van der Waals surface area contributed by atoms with Gasteiger partial charge in [-0.15, -0.1) is 34.8 Å². The van der Waals surface area contributed by atoms with Gasteiger partial charge in [0.05, 0.1) is 23.7 Å². The van der Waals surface area contributed by atoms with Crippen molar-refractivity contribution in [1.82, 2.24) is 0 Å². The van der Waals surface area contributed by atoms with Crippen LogP contribution in [-0.2, 0) is 42.4 Å². The molecule has 11 nitrogen and oxygen atoms in total. The molecule has 0 saturated carbocycles. The van der Waals surface area contributed by atoms with Gasteiger partial charge in [0.1, 0.15) is 36.6 Å². The Morgan fingerprint density at radius 2 is 1.39 bits per heavy atom. The van der Waals surface area contributed by atoms with Gasteiger partial charge in [0.25, 0.3) is 0 Å². The monoisotopic (exact) mass is 667 g/mol. The normalized spacial score (nSPS) is 39.4. The molecule has 0 bridgehead atoms. The van der Waals surface area contributed by atoms with Crippen LogP contribution in [0.3, 0.4) is 0 Å². The smallest absolute Gasteiger partial charge is 0 e. The molecular weight excluding hydrogens is 645 g/mol. The van der Waals surface area contributed by atoms with Gasteiger partial charge in [0, 0.05) is 17.1 Å². The van der Waals surface area contributed by atoms with E-state index in [2.05, 4.69) is 0 Å². The summed E-state index contributed by atoms with van der Waals surface area (Å²) in [6.07, 6.45) is -9.39. The predicted molar refractivity (Wildman–Crippen MR) is 108 cm³/mol. The third-order valence-electron chi connectivity index (χ3n) is 3.96. The number of aliphatic hydroxyl groups excluding tert-OH is 5. The number of rotatable bonds is 5. The van der Waals surface area contributed by atoms with E-state index in [4.69, 9.17) is 79.3 Å². The van der Waals surface area contributed by atoms with E-state index >= 15 is 0 Å². The van der Waals surface area contributed by atoms with Gasteiger partial charge in [-0.1, -0.05) is 0 Å². The molecular formula is C12H25Cl6Fe2O11. The molecule has 2 aliphatic rings. The molecule has 31 heavy (non-hydrogen) atoms. The molecule has 2 aliphatic heterocycles. The first-order chi connectivity index (χ1) is 12.5. The third kappa shape index (κ3) is 10.5. The van der Waals surface area contributed by atoms with Crippen molar-refractivity contribution in [3.05, 3.63) is 0 Å². The SMILES string of the molecule is O.O.O.OCC1O[C@H](O[C@]2(CCl)O[C@H](CCl)C(O)[C@H]2O)C(O)[C@H](O)[C@H]1Cl.[Cl][Fe]([Cl])[Cl].[Fe]. The summed E-state index contributed by atoms with van der Waals surface area (Å²) in [6, 6.07) is 0. The van der Waals surface area contributed by atoms with Crippen LogP contribution in [0.15, 0.2) is 0 Å². The molecule has 11 N–H and O–H groups in total. The van der Waals surface area contributed by atoms with Crippen LogP contribution in [0.25, 0.3) is 0 Å². The number of ether oxygens (including phenoxy) is 3. The van der Waals surface area contributed by atoms with Crippen LogP contribution < -0.4 is 0 Å². The van der Waals surface area contributed by atoms with Gasteiger partial charge >= 0.3 is 41.5 Å². The minimum absolute atomic E-state index is 0. The molecule has 2 saturated heterocycles. The number of hydrogen-bond acceptors (Lipinski definition) is 8. The summed E-state index contributed by atoms with van der Waals surface area (Å²) < 4.78 is 16.1. The molecule has 0 amide bonds. The van der Waals surface area contributed by atoms with E-state index in [0.29, 0.717) is 0 Å². The molecule has 2 heterocycles. The molecule has 3 unspecified atom stereocenters. The quantitative estimate of drug-likeness (QED) is 0.161. The summed E-state index contributed by atoms with van der Waals surface area (Å²) >= 11 is 16.0. The van der Waals surface area contributed by atoms with Crippen molar-refractivity contribution < 1.29 is 84.4 Å². The van der Waals surface area contributed by atoms with Gasteiger partial charge in [-0.25, -0.2) is 0 Å². The molecule has 0 aromatic rings. The average molecular weight is 670 g/mol. The fourth-order valence-electron chi connectivity index (χ4n) is 2.56. The second-order valence-corrected chi connectivity index (χ2v) is 12.2. The minimum atomic E-state index is -1.90. The summed E-state index contributed by atoms with van der Waals surface area (Å²) in [5.74, 6) is -2.43. The van der Waals surface area contributed by atoms with Crippen molar-refractivity contribution in [3.63, 3.8) is 0 Å². The van der Waals surface area contributed by atoms with Gasteiger partial charge in [-0.2, -0.15) is 0 Å². The van der Waals surface area contributed by atoms with Crippen molar-refractivity contribution in [2.24, 2.45) is 0 Å². The van der Waals surface area contributed by atoms with Crippen LogP contribution in [0.4, 0.5) is 0 Å². The average Bonchev–Trinajstić information content (AvgIpc) is 2.86. The molecule has 197 valence electrons. The maximum atomic E-state index is 10.1. The van der Waals surface area contributed by atoms with Crippen LogP contribution in [0.1, 0.15) is 0 Å². The van der Waals surface area contributed by atoms with Gasteiger partial charge < -0.3 is 56.2 Å². The van der Waals surface area contributed by atoms with E-state index in [9.17, 15) is 25.5 Å². The first-order valence-electron chi connectivity index (χ1n) is 7.31. The topological polar surface area (TPSA) is 223 Å². The Labute approximate surface area is 220 Å². The zero-order valence-electron chi connectivity index (χ0n) is 15.2. The van der Waals surface area contributed by atoms with Crippen molar-refractivity contribution >= 4 is 65.1 Å². The zero-order valence-corrected chi connectivity index (χ0v) is 21.9. The van der Waals surface area contributed by atoms with E-state index in [0.717, 1.165) is 0 Å². The second kappa shape index (κ2) is 18.6. The van der Waals surface area contributed by atoms with Crippen LogP contribution in [0, 0.1) is 0 Å². The standard InChI is InChI=1S/C12H19Cl3O8.3ClH.2Fe.3H2O/c13-1-4-7(17)10(20)12(3-14,22-4)23-11-9(19)8(18)6(15)5(2-16)21-11;;;;;;;;/h4-11,16-20H,1-3H2;3*1H;;;3*1H2/q;;;;;+3;;;/p-3/t4-,5?,6+,7?,8-,9?,10-,11-,12+;;;;;;;;/m1......../s1. The Kier molecular flexibility index (Phi) is 24.3. The molecule has 0 spiro atoms. The summed E-state index contributed by atoms with van der Waals surface area (Å²) in [6.45, 7) is -0.526. The van der Waals surface area contributed by atoms with Crippen LogP contribution in [0.5, 0.6) is 0 Å². The maximum absolute atomic E-state index is 10.1. The predicted octanol–water partition coefficient (Wildman–Crippen LogP) is -2.07. The summed E-state index contributed by atoms with van der Waals surface area (Å²) in [5, 5.41) is 48.1. The molecule has 0 aromatic carbocycles. The van der Waals surface area contributed by atoms with Crippen LogP contribution >= 0.6 is 65.1 Å². The van der Waals surface area contributed by atoms with Crippen LogP contribution in [-0.4, -0.2) is 114 Å². The molecule has 2 fully saturated rings. The summed E-state index contributed by atoms with van der Waals surface area (Å²) in [4.78, 5) is 0. The zero-order chi connectivity index (χ0) is 20.9. The number of hydrogen-bond donors (Lipinski definition) is 5. The van der Waals surface area contributed by atoms with Gasteiger partial charge in [-0.3, -0.25) is 0 Å². The maximum Gasteiger partial charge on any atom is 0 e. The van der Waals surface area contributed by atoms with Gasteiger partial charge in [-0.05, 0) is 0 Å². The van der Waals surface area contributed by atoms with Crippen molar-refractivity contribution in [2.45, 2.75) is 54.1 Å². The van der Waals surface area contributed by atoms with Crippen LogP contribution in [0.2, 0.25) is 0 Å². The first-order valence-corrected chi connectivity index (χ1v) is 13.4. The Morgan fingerprint density at radius 1 is 0.903 bits per heavy atom.